The minimum absolute atomic E-state index is 0.0284. The minimum Gasteiger partial charge on any atom is -0.493 e. The van der Waals surface area contributed by atoms with E-state index in [0.29, 0.717) is 5.56 Å². The first-order valence-corrected chi connectivity index (χ1v) is 8.02. The SMILES string of the molecule is COc1cc(/C=C(/C#N)c2cccc(C(F)(F)F)c2)ccc1O[C@H](C)C(=O)O. The molecule has 28 heavy (non-hydrogen) atoms. The van der Waals surface area contributed by atoms with Crippen LogP contribution in [-0.4, -0.2) is 24.3 Å². The van der Waals surface area contributed by atoms with Gasteiger partial charge in [0.05, 0.1) is 24.3 Å². The predicted octanol–water partition coefficient (Wildman–Crippen LogP) is 4.63. The van der Waals surface area contributed by atoms with Crippen molar-refractivity contribution in [2.45, 2.75) is 19.2 Å². The number of carboxylic acids is 1. The zero-order valence-corrected chi connectivity index (χ0v) is 14.9. The Balaban J connectivity index is 2.40. The lowest BCUT2D eigenvalue weighted by atomic mass is 10.0. The Morgan fingerprint density at radius 2 is 1.93 bits per heavy atom. The average molecular weight is 391 g/mol. The number of ether oxygens (including phenoxy) is 2. The van der Waals surface area contributed by atoms with E-state index < -0.39 is 23.8 Å². The van der Waals surface area contributed by atoms with Crippen LogP contribution >= 0.6 is 0 Å². The Bertz CT molecular complexity index is 945. The van der Waals surface area contributed by atoms with Gasteiger partial charge in [-0.15, -0.1) is 0 Å². The first-order valence-electron chi connectivity index (χ1n) is 8.02. The van der Waals surface area contributed by atoms with Crippen molar-refractivity contribution >= 4 is 17.6 Å². The van der Waals surface area contributed by atoms with E-state index >= 15 is 0 Å². The molecule has 5 nitrogen and oxygen atoms in total. The maximum atomic E-state index is 12.9. The van der Waals surface area contributed by atoms with Gasteiger partial charge in [0, 0.05) is 0 Å². The van der Waals surface area contributed by atoms with Crippen molar-refractivity contribution in [3.63, 3.8) is 0 Å². The molecule has 1 N–H and O–H groups in total. The van der Waals surface area contributed by atoms with Gasteiger partial charge >= 0.3 is 12.1 Å². The highest BCUT2D eigenvalue weighted by molar-refractivity contribution is 5.90. The van der Waals surface area contributed by atoms with Crippen molar-refractivity contribution in [1.29, 1.82) is 5.26 Å². The lowest BCUT2D eigenvalue weighted by Crippen LogP contribution is -2.23. The standard InChI is InChI=1S/C20H16F3NO4/c1-12(19(25)26)28-17-7-6-13(9-18(17)27-2)8-15(11-24)14-4-3-5-16(10-14)20(21,22)23/h3-10,12H,1-2H3,(H,25,26)/b15-8-/t12-/m1/s1. The van der Waals surface area contributed by atoms with Crippen LogP contribution in [0.1, 0.15) is 23.6 Å². The number of carboxylic acid groups (broad SMARTS) is 1. The molecule has 2 rings (SSSR count). The molecule has 146 valence electrons. The molecule has 0 aromatic heterocycles. The van der Waals surface area contributed by atoms with Crippen LogP contribution in [0.5, 0.6) is 11.5 Å². The predicted molar refractivity (Wildman–Crippen MR) is 95.6 cm³/mol. The summed E-state index contributed by atoms with van der Waals surface area (Å²) in [5, 5.41) is 18.3. The average Bonchev–Trinajstić information content (AvgIpc) is 2.66. The Kier molecular flexibility index (Phi) is 6.31. The number of benzene rings is 2. The van der Waals surface area contributed by atoms with E-state index in [2.05, 4.69) is 0 Å². The van der Waals surface area contributed by atoms with Crippen molar-refractivity contribution in [2.75, 3.05) is 7.11 Å². The molecule has 0 spiro atoms. The van der Waals surface area contributed by atoms with Gasteiger partial charge in [-0.2, -0.15) is 18.4 Å². The number of hydrogen-bond donors (Lipinski definition) is 1. The van der Waals surface area contributed by atoms with Crippen molar-refractivity contribution < 1.29 is 32.5 Å². The minimum atomic E-state index is -4.51. The summed E-state index contributed by atoms with van der Waals surface area (Å²) in [6, 6.07) is 10.9. The largest absolute Gasteiger partial charge is 0.493 e. The molecule has 0 bridgehead atoms. The molecule has 0 aliphatic heterocycles. The Labute approximate surface area is 159 Å². The lowest BCUT2D eigenvalue weighted by molar-refractivity contribution is -0.144. The van der Waals surface area contributed by atoms with Crippen LogP contribution < -0.4 is 9.47 Å². The molecule has 0 saturated heterocycles. The van der Waals surface area contributed by atoms with Crippen LogP contribution in [0.4, 0.5) is 13.2 Å². The second-order valence-corrected chi connectivity index (χ2v) is 5.76. The molecular formula is C20H16F3NO4. The monoisotopic (exact) mass is 391 g/mol. The molecule has 0 aliphatic rings. The summed E-state index contributed by atoms with van der Waals surface area (Å²) in [5.41, 5.74) is -0.229. The number of rotatable bonds is 6. The first kappa shape index (κ1) is 20.8. The van der Waals surface area contributed by atoms with E-state index in [4.69, 9.17) is 14.6 Å². The van der Waals surface area contributed by atoms with Gasteiger partial charge in [-0.25, -0.2) is 4.79 Å². The molecule has 0 amide bonds. The summed E-state index contributed by atoms with van der Waals surface area (Å²) in [7, 11) is 1.36. The molecule has 8 heteroatoms. The highest BCUT2D eigenvalue weighted by Crippen LogP contribution is 2.33. The zero-order valence-electron chi connectivity index (χ0n) is 14.9. The normalized spacial score (nSPS) is 12.8. The van der Waals surface area contributed by atoms with Gasteiger partial charge in [-0.3, -0.25) is 0 Å². The Hall–Kier alpha value is -3.47. The molecule has 2 aromatic carbocycles. The van der Waals surface area contributed by atoms with Crippen LogP contribution in [0.25, 0.3) is 11.6 Å². The summed E-state index contributed by atoms with van der Waals surface area (Å²) < 4.78 is 49.1. The second kappa shape index (κ2) is 8.48. The summed E-state index contributed by atoms with van der Waals surface area (Å²) in [6.45, 7) is 1.36. The third-order valence-electron chi connectivity index (χ3n) is 3.77. The maximum Gasteiger partial charge on any atom is 0.416 e. The number of nitrogens with zero attached hydrogens (tertiary/aromatic N) is 1. The number of aliphatic carboxylic acids is 1. The topological polar surface area (TPSA) is 79.5 Å². The number of alkyl halides is 3. The van der Waals surface area contributed by atoms with Gasteiger partial charge in [0.15, 0.2) is 17.6 Å². The fraction of sp³-hybridized carbons (Fsp3) is 0.200. The van der Waals surface area contributed by atoms with Gasteiger partial charge in [-0.1, -0.05) is 18.2 Å². The molecular weight excluding hydrogens is 375 g/mol. The Morgan fingerprint density at radius 1 is 1.21 bits per heavy atom. The van der Waals surface area contributed by atoms with Gasteiger partial charge < -0.3 is 14.6 Å². The van der Waals surface area contributed by atoms with E-state index in [0.717, 1.165) is 12.1 Å². The third-order valence-corrected chi connectivity index (χ3v) is 3.77. The third kappa shape index (κ3) is 5.04. The van der Waals surface area contributed by atoms with Crippen LogP contribution in [0.3, 0.4) is 0 Å². The lowest BCUT2D eigenvalue weighted by Gasteiger charge is -2.14. The van der Waals surface area contributed by atoms with Crippen molar-refractivity contribution in [3.05, 3.63) is 59.2 Å². The van der Waals surface area contributed by atoms with E-state index in [9.17, 15) is 23.2 Å². The van der Waals surface area contributed by atoms with Crippen molar-refractivity contribution in [2.24, 2.45) is 0 Å². The molecule has 1 atom stereocenters. The Morgan fingerprint density at radius 3 is 2.50 bits per heavy atom. The summed E-state index contributed by atoms with van der Waals surface area (Å²) in [4.78, 5) is 10.9. The highest BCUT2D eigenvalue weighted by Gasteiger charge is 2.30. The number of methoxy groups -OCH3 is 1. The molecule has 0 fully saturated rings. The zero-order chi connectivity index (χ0) is 20.9. The maximum absolute atomic E-state index is 12.9. The number of allylic oxidation sites excluding steroid dienone is 1. The van der Waals surface area contributed by atoms with Crippen LogP contribution in [0.2, 0.25) is 0 Å². The van der Waals surface area contributed by atoms with E-state index in [1.165, 1.54) is 50.4 Å². The van der Waals surface area contributed by atoms with E-state index in [1.54, 1.807) is 0 Å². The van der Waals surface area contributed by atoms with Gasteiger partial charge in [0.1, 0.15) is 0 Å². The van der Waals surface area contributed by atoms with E-state index in [1.807, 2.05) is 6.07 Å². The summed E-state index contributed by atoms with van der Waals surface area (Å²) >= 11 is 0. The van der Waals surface area contributed by atoms with Crippen LogP contribution in [0, 0.1) is 11.3 Å². The van der Waals surface area contributed by atoms with Gasteiger partial charge in [0.25, 0.3) is 0 Å². The smallest absolute Gasteiger partial charge is 0.416 e. The number of carbonyl (C=O) groups is 1. The molecule has 0 saturated carbocycles. The quantitative estimate of drug-likeness (QED) is 0.574. The fourth-order valence-corrected chi connectivity index (χ4v) is 2.32. The number of halogens is 3. The van der Waals surface area contributed by atoms with Gasteiger partial charge in [-0.05, 0) is 48.4 Å². The van der Waals surface area contributed by atoms with Crippen molar-refractivity contribution in [3.8, 4) is 17.6 Å². The van der Waals surface area contributed by atoms with Crippen LogP contribution in [-0.2, 0) is 11.0 Å². The second-order valence-electron chi connectivity index (χ2n) is 5.76. The van der Waals surface area contributed by atoms with Crippen LogP contribution in [0.15, 0.2) is 42.5 Å². The summed E-state index contributed by atoms with van der Waals surface area (Å²) in [6.07, 6.45) is -4.21. The molecule has 0 radical (unpaired) electrons. The fourth-order valence-electron chi connectivity index (χ4n) is 2.32. The summed E-state index contributed by atoms with van der Waals surface area (Å²) in [5.74, 6) is -0.738. The van der Waals surface area contributed by atoms with Gasteiger partial charge in [0.2, 0.25) is 0 Å². The van der Waals surface area contributed by atoms with E-state index in [-0.39, 0.29) is 22.6 Å². The highest BCUT2D eigenvalue weighted by atomic mass is 19.4. The number of hydrogen-bond acceptors (Lipinski definition) is 4. The molecule has 2 aromatic rings. The first-order chi connectivity index (χ1) is 13.2. The van der Waals surface area contributed by atoms with Crippen molar-refractivity contribution in [1.82, 2.24) is 0 Å². The molecule has 0 heterocycles. The molecule has 0 aliphatic carbocycles. The molecule has 0 unspecified atom stereocenters. The number of nitriles is 1.